The summed E-state index contributed by atoms with van der Waals surface area (Å²) in [6.07, 6.45) is -5.47. The molecule has 1 N–H and O–H groups in total. The third kappa shape index (κ3) is 4.37. The van der Waals surface area contributed by atoms with Crippen LogP contribution in [0, 0.1) is 22.2 Å². The van der Waals surface area contributed by atoms with E-state index in [-0.39, 0.29) is 18.7 Å². The molecule has 40 heavy (non-hydrogen) atoms. The summed E-state index contributed by atoms with van der Waals surface area (Å²) in [6.45, 7) is 3.02. The van der Waals surface area contributed by atoms with Crippen molar-refractivity contribution in [3.63, 3.8) is 0 Å². The number of benzene rings is 1. The van der Waals surface area contributed by atoms with E-state index in [1.54, 1.807) is 32.9 Å². The van der Waals surface area contributed by atoms with Crippen LogP contribution in [0.2, 0.25) is 0 Å². The molecule has 2 aliphatic heterocycles. The van der Waals surface area contributed by atoms with E-state index in [2.05, 4.69) is 10.3 Å². The number of nitrogens with one attached hydrogen (secondary N) is 1. The number of hydrogen-bond acceptors (Lipinski definition) is 6. The van der Waals surface area contributed by atoms with E-state index >= 15 is 0 Å². The predicted molar refractivity (Wildman–Crippen MR) is 134 cm³/mol. The van der Waals surface area contributed by atoms with Gasteiger partial charge in [0.2, 0.25) is 5.91 Å². The van der Waals surface area contributed by atoms with Crippen LogP contribution in [-0.2, 0) is 9.53 Å². The maximum absolute atomic E-state index is 14.9. The number of hydrogen-bond donors (Lipinski definition) is 1. The molecule has 13 heteroatoms. The highest BCUT2D eigenvalue weighted by molar-refractivity contribution is 5.97. The molecule has 1 aromatic heterocycles. The number of aromatic nitrogens is 1. The van der Waals surface area contributed by atoms with E-state index in [0.717, 1.165) is 4.90 Å². The van der Waals surface area contributed by atoms with Crippen molar-refractivity contribution in [2.45, 2.75) is 57.4 Å². The van der Waals surface area contributed by atoms with Crippen LogP contribution in [0.25, 0.3) is 10.9 Å². The Morgan fingerprint density at radius 3 is 2.55 bits per heavy atom. The summed E-state index contributed by atoms with van der Waals surface area (Å²) < 4.78 is 78.5. The molecule has 0 radical (unpaired) electrons. The summed E-state index contributed by atoms with van der Waals surface area (Å²) in [5.74, 6) is -4.56. The van der Waals surface area contributed by atoms with Crippen LogP contribution in [0.5, 0.6) is 0 Å². The molecule has 8 nitrogen and oxygen atoms in total. The molecule has 2 saturated heterocycles. The second-order valence-corrected chi connectivity index (χ2v) is 11.8. The van der Waals surface area contributed by atoms with Gasteiger partial charge in [-0.05, 0) is 51.5 Å². The first kappa shape index (κ1) is 27.9. The Morgan fingerprint density at radius 1 is 1.18 bits per heavy atom. The fourth-order valence-electron chi connectivity index (χ4n) is 5.96. The highest BCUT2D eigenvalue weighted by Gasteiger charge is 2.86. The van der Waals surface area contributed by atoms with Gasteiger partial charge in [0.25, 0.3) is 5.92 Å². The zero-order chi connectivity index (χ0) is 29.3. The Labute approximate surface area is 227 Å². The van der Waals surface area contributed by atoms with Gasteiger partial charge in [0.1, 0.15) is 23.1 Å². The molecule has 214 valence electrons. The molecule has 3 atom stereocenters. The minimum absolute atomic E-state index is 0.246. The van der Waals surface area contributed by atoms with E-state index in [1.165, 1.54) is 23.2 Å². The van der Waals surface area contributed by atoms with E-state index < -0.39 is 72.5 Å². The average Bonchev–Trinajstić information content (AvgIpc) is 3.40. The van der Waals surface area contributed by atoms with Gasteiger partial charge in [-0.2, -0.15) is 18.4 Å². The van der Waals surface area contributed by atoms with Gasteiger partial charge in [-0.1, -0.05) is 0 Å². The number of alkyl halides is 5. The van der Waals surface area contributed by atoms with Crippen molar-refractivity contribution < 1.29 is 36.3 Å². The van der Waals surface area contributed by atoms with Gasteiger partial charge in [-0.3, -0.25) is 9.78 Å². The number of fused-ring (bicyclic) bond motifs is 2. The highest BCUT2D eigenvalue weighted by atomic mass is 19.4. The molecular formula is C27H28F5N5O3. The molecule has 5 rings (SSSR count). The monoisotopic (exact) mass is 565 g/mol. The molecule has 1 aliphatic carbocycles. The van der Waals surface area contributed by atoms with Crippen LogP contribution in [0.15, 0.2) is 30.5 Å². The fourth-order valence-corrected chi connectivity index (χ4v) is 5.96. The summed E-state index contributed by atoms with van der Waals surface area (Å²) in [4.78, 5) is 32.6. The van der Waals surface area contributed by atoms with Crippen molar-refractivity contribution >= 4 is 28.6 Å². The third-order valence-electron chi connectivity index (χ3n) is 8.09. The normalized spacial score (nSPS) is 27.6. The third-order valence-corrected chi connectivity index (χ3v) is 8.09. The van der Waals surface area contributed by atoms with Gasteiger partial charge in [0.05, 0.1) is 23.0 Å². The number of nitrogens with zero attached hydrogens (tertiary/aromatic N) is 4. The Balaban J connectivity index is 1.43. The quantitative estimate of drug-likeness (QED) is 0.546. The lowest BCUT2D eigenvalue weighted by Crippen LogP contribution is -2.61. The van der Waals surface area contributed by atoms with Crippen LogP contribution < -0.4 is 10.2 Å². The molecule has 2 amide bonds. The number of halogens is 5. The number of likely N-dealkylation sites (tertiary alicyclic amines) is 1. The van der Waals surface area contributed by atoms with E-state index in [4.69, 9.17) is 4.74 Å². The van der Waals surface area contributed by atoms with Gasteiger partial charge < -0.3 is 19.9 Å². The number of ether oxygens (including phenoxy) is 1. The molecule has 1 aromatic carbocycles. The number of pyridine rings is 1. The van der Waals surface area contributed by atoms with Crippen LogP contribution in [-0.4, -0.2) is 71.8 Å². The molecule has 1 saturated carbocycles. The van der Waals surface area contributed by atoms with Gasteiger partial charge in [-0.25, -0.2) is 13.6 Å². The lowest BCUT2D eigenvalue weighted by atomic mass is 9.93. The first-order valence-corrected chi connectivity index (χ1v) is 12.8. The van der Waals surface area contributed by atoms with Gasteiger partial charge >= 0.3 is 12.3 Å². The zero-order valence-electron chi connectivity index (χ0n) is 22.1. The molecule has 0 unspecified atom stereocenters. The van der Waals surface area contributed by atoms with Crippen molar-refractivity contribution in [3.05, 3.63) is 36.0 Å². The van der Waals surface area contributed by atoms with Crippen molar-refractivity contribution in [2.24, 2.45) is 10.8 Å². The predicted octanol–water partition coefficient (Wildman–Crippen LogP) is 4.63. The molecule has 2 aromatic rings. The number of carbonyl (C=O) groups is 2. The summed E-state index contributed by atoms with van der Waals surface area (Å²) in [5.41, 5.74) is -4.38. The molecule has 3 fully saturated rings. The van der Waals surface area contributed by atoms with Gasteiger partial charge in [0.15, 0.2) is 0 Å². The number of anilines is 1. The zero-order valence-corrected chi connectivity index (χ0v) is 22.1. The number of amides is 2. The second kappa shape index (κ2) is 8.91. The standard InChI is InChI=1S/C27H28F5N5O3/c1-23(2,3)40-22(39)36-10-8-26(28,29)19(12-36)35-21(38)24-13-25(24,27(30,31)32)15-37(14-24)18-7-6-16(11-33)20-17(18)5-4-9-34-20/h4-7,9,19H,8,10,12-15H2,1-3H3,(H,35,38)/t19-,24+,25+/m0/s1. The molecule has 3 heterocycles. The molecule has 0 bridgehead atoms. The van der Waals surface area contributed by atoms with Gasteiger partial charge in [-0.15, -0.1) is 0 Å². The number of nitriles is 1. The van der Waals surface area contributed by atoms with Crippen LogP contribution >= 0.6 is 0 Å². The van der Waals surface area contributed by atoms with Crippen LogP contribution in [0.4, 0.5) is 32.4 Å². The van der Waals surface area contributed by atoms with Gasteiger partial charge in [0, 0.05) is 43.3 Å². The minimum Gasteiger partial charge on any atom is -0.444 e. The van der Waals surface area contributed by atoms with E-state index in [0.29, 0.717) is 16.6 Å². The largest absolute Gasteiger partial charge is 0.444 e. The van der Waals surface area contributed by atoms with Crippen molar-refractivity contribution in [1.29, 1.82) is 5.26 Å². The SMILES string of the molecule is CC(C)(C)OC(=O)N1CCC(F)(F)[C@@H](NC(=O)[C@@]23CN(c4ccc(C#N)c5ncccc45)C[C@]2(C(F)(F)F)C3)C1. The summed E-state index contributed by atoms with van der Waals surface area (Å²) in [5, 5.41) is 12.0. The molecule has 0 spiro atoms. The Hall–Kier alpha value is -3.69. The maximum Gasteiger partial charge on any atom is 0.410 e. The summed E-state index contributed by atoms with van der Waals surface area (Å²) in [7, 11) is 0. The minimum atomic E-state index is -4.78. The van der Waals surface area contributed by atoms with Crippen LogP contribution in [0.1, 0.15) is 39.2 Å². The van der Waals surface area contributed by atoms with Crippen LogP contribution in [0.3, 0.4) is 0 Å². The molecule has 3 aliphatic rings. The van der Waals surface area contributed by atoms with Crippen molar-refractivity contribution in [1.82, 2.24) is 15.2 Å². The summed E-state index contributed by atoms with van der Waals surface area (Å²) >= 11 is 0. The number of rotatable bonds is 3. The topological polar surface area (TPSA) is 98.6 Å². The van der Waals surface area contributed by atoms with E-state index in [9.17, 15) is 36.8 Å². The number of carbonyl (C=O) groups excluding carboxylic acids is 2. The summed E-state index contributed by atoms with van der Waals surface area (Å²) in [6, 6.07) is 6.31. The highest BCUT2D eigenvalue weighted by Crippen LogP contribution is 2.75. The van der Waals surface area contributed by atoms with Crippen molar-refractivity contribution in [3.8, 4) is 6.07 Å². The van der Waals surface area contributed by atoms with E-state index in [1.807, 2.05) is 6.07 Å². The lowest BCUT2D eigenvalue weighted by molar-refractivity contribution is -0.192. The first-order chi connectivity index (χ1) is 18.5. The second-order valence-electron chi connectivity index (χ2n) is 11.8. The Kier molecular flexibility index (Phi) is 6.20. The lowest BCUT2D eigenvalue weighted by Gasteiger charge is -2.39. The Bertz CT molecular complexity index is 1420. The molecular weight excluding hydrogens is 537 g/mol. The fraction of sp³-hybridized carbons (Fsp3) is 0.556. The smallest absolute Gasteiger partial charge is 0.410 e. The Morgan fingerprint density at radius 2 is 1.90 bits per heavy atom. The average molecular weight is 566 g/mol. The number of piperidine rings is 2. The first-order valence-electron chi connectivity index (χ1n) is 12.8. The maximum atomic E-state index is 14.9. The van der Waals surface area contributed by atoms with Crippen molar-refractivity contribution in [2.75, 3.05) is 31.1 Å².